The molecule has 0 spiro atoms. The van der Waals surface area contributed by atoms with E-state index in [9.17, 15) is 14.3 Å². The Balaban J connectivity index is 1.51. The molecule has 2 aromatic heterocycles. The van der Waals surface area contributed by atoms with Crippen molar-refractivity contribution in [3.63, 3.8) is 0 Å². The SMILES string of the molecule is Cc1nc(F)cc2c3ccc(O)cc3n(CCN3CCN(C(=O)OC(C)(C)C)CC3)c12. The molecule has 0 atom stereocenters. The Morgan fingerprint density at radius 3 is 2.52 bits per heavy atom. The highest BCUT2D eigenvalue weighted by atomic mass is 19.1. The smallest absolute Gasteiger partial charge is 0.410 e. The number of pyridine rings is 1. The van der Waals surface area contributed by atoms with Gasteiger partial charge in [-0.05, 0) is 39.8 Å². The standard InChI is InChI=1S/C23H29FN4O3/c1-15-21-18(14-20(24)25-15)17-6-5-16(29)13-19(17)28(21)12-9-26-7-10-27(11-8-26)22(30)31-23(2,3)4/h5-6,13-14,29H,7-12H2,1-4H3. The highest BCUT2D eigenvalue weighted by Crippen LogP contribution is 2.33. The predicted molar refractivity (Wildman–Crippen MR) is 118 cm³/mol. The van der Waals surface area contributed by atoms with Gasteiger partial charge in [-0.15, -0.1) is 0 Å². The Kier molecular flexibility index (Phi) is 5.51. The van der Waals surface area contributed by atoms with Gasteiger partial charge in [-0.1, -0.05) is 0 Å². The minimum atomic E-state index is -0.504. The van der Waals surface area contributed by atoms with Crippen molar-refractivity contribution < 1.29 is 19.0 Å². The molecule has 0 bridgehead atoms. The second-order valence-electron chi connectivity index (χ2n) is 9.09. The fraction of sp³-hybridized carbons (Fsp3) is 0.478. The van der Waals surface area contributed by atoms with Gasteiger partial charge in [-0.25, -0.2) is 9.78 Å². The van der Waals surface area contributed by atoms with Crippen molar-refractivity contribution in [2.24, 2.45) is 0 Å². The highest BCUT2D eigenvalue weighted by molar-refractivity contribution is 6.09. The average Bonchev–Trinajstić information content (AvgIpc) is 2.98. The fourth-order valence-electron chi connectivity index (χ4n) is 4.22. The lowest BCUT2D eigenvalue weighted by Crippen LogP contribution is -2.50. The first kappa shape index (κ1) is 21.4. The van der Waals surface area contributed by atoms with E-state index in [-0.39, 0.29) is 11.8 Å². The molecule has 1 N–H and O–H groups in total. The maximum Gasteiger partial charge on any atom is 0.410 e. The van der Waals surface area contributed by atoms with Crippen molar-refractivity contribution in [2.75, 3.05) is 32.7 Å². The fourth-order valence-corrected chi connectivity index (χ4v) is 4.22. The summed E-state index contributed by atoms with van der Waals surface area (Å²) in [4.78, 5) is 20.3. The Morgan fingerprint density at radius 2 is 1.84 bits per heavy atom. The molecular formula is C23H29FN4O3. The first-order valence-corrected chi connectivity index (χ1v) is 10.6. The third kappa shape index (κ3) is 4.44. The molecule has 1 aliphatic heterocycles. The van der Waals surface area contributed by atoms with Crippen molar-refractivity contribution in [1.82, 2.24) is 19.4 Å². The number of carbonyl (C=O) groups excluding carboxylic acids is 1. The number of benzene rings is 1. The molecule has 1 aliphatic rings. The summed E-state index contributed by atoms with van der Waals surface area (Å²) in [6, 6.07) is 6.61. The normalized spacial score (nSPS) is 15.7. The number of piperazine rings is 1. The van der Waals surface area contributed by atoms with Crippen LogP contribution in [0.25, 0.3) is 21.8 Å². The van der Waals surface area contributed by atoms with E-state index in [0.29, 0.717) is 25.3 Å². The molecule has 0 saturated carbocycles. The Bertz CT molecular complexity index is 1130. The van der Waals surface area contributed by atoms with Gasteiger partial charge in [0.2, 0.25) is 5.95 Å². The van der Waals surface area contributed by atoms with Crippen LogP contribution in [0.1, 0.15) is 26.5 Å². The molecule has 1 aromatic carbocycles. The van der Waals surface area contributed by atoms with Crippen LogP contribution in [0.2, 0.25) is 0 Å². The maximum atomic E-state index is 14.0. The van der Waals surface area contributed by atoms with Crippen LogP contribution < -0.4 is 0 Å². The van der Waals surface area contributed by atoms with E-state index in [4.69, 9.17) is 4.74 Å². The number of aromatic nitrogens is 2. The maximum absolute atomic E-state index is 14.0. The van der Waals surface area contributed by atoms with Gasteiger partial charge in [0.1, 0.15) is 11.4 Å². The van der Waals surface area contributed by atoms with Crippen LogP contribution in [0, 0.1) is 12.9 Å². The number of hydrogen-bond acceptors (Lipinski definition) is 5. The number of nitrogens with zero attached hydrogens (tertiary/aromatic N) is 4. The average molecular weight is 429 g/mol. The molecule has 0 radical (unpaired) electrons. The second-order valence-corrected chi connectivity index (χ2v) is 9.09. The molecule has 4 rings (SSSR count). The number of hydrogen-bond donors (Lipinski definition) is 1. The van der Waals surface area contributed by atoms with Crippen molar-refractivity contribution in [2.45, 2.75) is 39.8 Å². The van der Waals surface area contributed by atoms with E-state index < -0.39 is 11.5 Å². The first-order valence-electron chi connectivity index (χ1n) is 10.6. The zero-order valence-corrected chi connectivity index (χ0v) is 18.5. The van der Waals surface area contributed by atoms with Gasteiger partial charge in [-0.2, -0.15) is 4.39 Å². The summed E-state index contributed by atoms with van der Waals surface area (Å²) in [6.07, 6.45) is -0.270. The third-order valence-corrected chi connectivity index (χ3v) is 5.63. The molecule has 3 heterocycles. The summed E-state index contributed by atoms with van der Waals surface area (Å²) < 4.78 is 21.5. The molecule has 0 unspecified atom stereocenters. The van der Waals surface area contributed by atoms with Gasteiger partial charge >= 0.3 is 6.09 Å². The lowest BCUT2D eigenvalue weighted by atomic mass is 10.1. The zero-order valence-electron chi connectivity index (χ0n) is 18.5. The molecule has 166 valence electrons. The van der Waals surface area contributed by atoms with Crippen LogP contribution in [0.3, 0.4) is 0 Å². The molecule has 1 amide bonds. The van der Waals surface area contributed by atoms with E-state index in [1.54, 1.807) is 24.0 Å². The largest absolute Gasteiger partial charge is 0.508 e. The predicted octanol–water partition coefficient (Wildman–Crippen LogP) is 3.90. The van der Waals surface area contributed by atoms with Crippen molar-refractivity contribution in [1.29, 1.82) is 0 Å². The van der Waals surface area contributed by atoms with E-state index in [1.807, 2.05) is 26.8 Å². The third-order valence-electron chi connectivity index (χ3n) is 5.63. The Morgan fingerprint density at radius 1 is 1.13 bits per heavy atom. The summed E-state index contributed by atoms with van der Waals surface area (Å²) >= 11 is 0. The van der Waals surface area contributed by atoms with Crippen LogP contribution in [0.15, 0.2) is 24.3 Å². The minimum Gasteiger partial charge on any atom is -0.508 e. The number of rotatable bonds is 3. The van der Waals surface area contributed by atoms with Crippen LogP contribution in [-0.4, -0.2) is 68.9 Å². The van der Waals surface area contributed by atoms with E-state index in [2.05, 4.69) is 14.5 Å². The summed E-state index contributed by atoms with van der Waals surface area (Å²) in [5.74, 6) is -0.330. The molecule has 1 saturated heterocycles. The number of ether oxygens (including phenoxy) is 1. The Labute approximate surface area is 181 Å². The number of aromatic hydroxyl groups is 1. The van der Waals surface area contributed by atoms with E-state index in [0.717, 1.165) is 41.4 Å². The van der Waals surface area contributed by atoms with Gasteiger partial charge in [0.25, 0.3) is 0 Å². The first-order chi connectivity index (χ1) is 14.6. The lowest BCUT2D eigenvalue weighted by molar-refractivity contribution is 0.0143. The number of phenolic OH excluding ortho intramolecular Hbond substituents is 1. The van der Waals surface area contributed by atoms with E-state index in [1.165, 1.54) is 6.07 Å². The van der Waals surface area contributed by atoms with Gasteiger partial charge in [0, 0.05) is 62.2 Å². The second kappa shape index (κ2) is 8.00. The number of fused-ring (bicyclic) bond motifs is 3. The Hall–Kier alpha value is -2.87. The summed E-state index contributed by atoms with van der Waals surface area (Å²) in [5.41, 5.74) is 1.87. The number of phenols is 1. The highest BCUT2D eigenvalue weighted by Gasteiger charge is 2.26. The molecular weight excluding hydrogens is 399 g/mol. The summed E-state index contributed by atoms with van der Waals surface area (Å²) in [6.45, 7) is 11.6. The summed E-state index contributed by atoms with van der Waals surface area (Å²) in [7, 11) is 0. The number of amides is 1. The van der Waals surface area contributed by atoms with Crippen molar-refractivity contribution in [3.05, 3.63) is 35.9 Å². The van der Waals surface area contributed by atoms with Gasteiger partial charge in [-0.3, -0.25) is 4.90 Å². The topological polar surface area (TPSA) is 70.8 Å². The van der Waals surface area contributed by atoms with Gasteiger partial charge < -0.3 is 19.3 Å². The zero-order chi connectivity index (χ0) is 22.3. The molecule has 8 heteroatoms. The van der Waals surface area contributed by atoms with E-state index >= 15 is 0 Å². The number of carbonyl (C=O) groups is 1. The number of halogens is 1. The lowest BCUT2D eigenvalue weighted by Gasteiger charge is -2.35. The van der Waals surface area contributed by atoms with Gasteiger partial charge in [0.05, 0.1) is 16.7 Å². The van der Waals surface area contributed by atoms with Crippen LogP contribution in [0.4, 0.5) is 9.18 Å². The van der Waals surface area contributed by atoms with Crippen molar-refractivity contribution in [3.8, 4) is 5.75 Å². The summed E-state index contributed by atoms with van der Waals surface area (Å²) in [5, 5.41) is 11.7. The quantitative estimate of drug-likeness (QED) is 0.641. The van der Waals surface area contributed by atoms with Crippen LogP contribution in [-0.2, 0) is 11.3 Å². The van der Waals surface area contributed by atoms with Crippen LogP contribution >= 0.6 is 0 Å². The van der Waals surface area contributed by atoms with Crippen molar-refractivity contribution >= 4 is 27.9 Å². The monoisotopic (exact) mass is 428 g/mol. The molecule has 7 nitrogen and oxygen atoms in total. The minimum absolute atomic E-state index is 0.175. The molecule has 31 heavy (non-hydrogen) atoms. The van der Waals surface area contributed by atoms with Gasteiger partial charge in [0.15, 0.2) is 0 Å². The molecule has 1 fully saturated rings. The molecule has 3 aromatic rings. The molecule has 0 aliphatic carbocycles. The van der Waals surface area contributed by atoms with Crippen LogP contribution in [0.5, 0.6) is 5.75 Å². The number of aryl methyl sites for hydroxylation is 1.